The van der Waals surface area contributed by atoms with E-state index >= 15 is 0 Å². The van der Waals surface area contributed by atoms with E-state index in [1.165, 1.54) is 0 Å². The zero-order valence-electron chi connectivity index (χ0n) is 18.1. The van der Waals surface area contributed by atoms with E-state index in [2.05, 4.69) is 15.3 Å². The van der Waals surface area contributed by atoms with Crippen molar-refractivity contribution in [2.75, 3.05) is 19.7 Å². The molecular formula is C26H29N3O3. The maximum Gasteiger partial charge on any atom is 0.347 e. The zero-order valence-corrected chi connectivity index (χ0v) is 18.1. The van der Waals surface area contributed by atoms with Crippen LogP contribution in [0.15, 0.2) is 79.1 Å². The van der Waals surface area contributed by atoms with Crippen LogP contribution in [-0.2, 0) is 15.1 Å². The molecule has 1 aliphatic heterocycles. The molecule has 2 aromatic carbocycles. The van der Waals surface area contributed by atoms with E-state index in [1.807, 2.05) is 12.1 Å². The molecule has 0 radical (unpaired) electrons. The highest BCUT2D eigenvalue weighted by Gasteiger charge is 2.42. The van der Waals surface area contributed by atoms with Crippen molar-refractivity contribution in [3.63, 3.8) is 0 Å². The first-order valence-corrected chi connectivity index (χ1v) is 11.2. The molecule has 1 aliphatic rings. The lowest BCUT2D eigenvalue weighted by Crippen LogP contribution is -2.39. The normalized spacial score (nSPS) is 15.8. The van der Waals surface area contributed by atoms with E-state index < -0.39 is 11.6 Å². The minimum absolute atomic E-state index is 0.120. The Bertz CT molecular complexity index is 937. The first-order valence-electron chi connectivity index (χ1n) is 11.2. The van der Waals surface area contributed by atoms with Gasteiger partial charge in [-0.2, -0.15) is 0 Å². The fourth-order valence-electron chi connectivity index (χ4n) is 4.33. The van der Waals surface area contributed by atoms with E-state index in [1.54, 1.807) is 67.0 Å². The summed E-state index contributed by atoms with van der Waals surface area (Å²) in [5.74, 6) is 0.368. The lowest BCUT2D eigenvalue weighted by molar-refractivity contribution is -0.163. The standard InChI is InChI=1S/C26H29N3O3/c30-25(26(31,22-8-3-1-4-9-22)23-10-5-2-6-11-23)32-19-21(24-28-14-7-15-29-24)18-20-12-16-27-17-13-20/h1-11,14-15,20-21,27,31H,12-13,16-19H2. The Morgan fingerprint density at radius 1 is 0.969 bits per heavy atom. The molecule has 1 fully saturated rings. The Labute approximate surface area is 188 Å². The zero-order chi connectivity index (χ0) is 22.2. The van der Waals surface area contributed by atoms with Crippen LogP contribution in [0.4, 0.5) is 0 Å². The number of ether oxygens (including phenoxy) is 1. The van der Waals surface area contributed by atoms with Crippen molar-refractivity contribution in [3.8, 4) is 0 Å². The van der Waals surface area contributed by atoms with Gasteiger partial charge in [-0.05, 0) is 55.5 Å². The monoisotopic (exact) mass is 431 g/mol. The number of nitrogens with one attached hydrogen (secondary N) is 1. The van der Waals surface area contributed by atoms with Gasteiger partial charge in [0.1, 0.15) is 12.4 Å². The number of benzene rings is 2. The molecule has 1 unspecified atom stereocenters. The maximum atomic E-state index is 13.4. The third-order valence-electron chi connectivity index (χ3n) is 6.12. The minimum Gasteiger partial charge on any atom is -0.462 e. The lowest BCUT2D eigenvalue weighted by atomic mass is 9.86. The van der Waals surface area contributed by atoms with Crippen LogP contribution in [-0.4, -0.2) is 40.7 Å². The summed E-state index contributed by atoms with van der Waals surface area (Å²) in [5, 5.41) is 15.0. The van der Waals surface area contributed by atoms with Gasteiger partial charge in [0.2, 0.25) is 5.60 Å². The molecule has 0 aliphatic carbocycles. The third kappa shape index (κ3) is 5.03. The van der Waals surface area contributed by atoms with Crippen molar-refractivity contribution in [1.82, 2.24) is 15.3 Å². The summed E-state index contributed by atoms with van der Waals surface area (Å²) >= 11 is 0. The average Bonchev–Trinajstić information content (AvgIpc) is 2.88. The highest BCUT2D eigenvalue weighted by Crippen LogP contribution is 2.32. The van der Waals surface area contributed by atoms with Crippen LogP contribution in [0, 0.1) is 5.92 Å². The predicted octanol–water partition coefficient (Wildman–Crippen LogP) is 3.43. The number of aromatic nitrogens is 2. The van der Waals surface area contributed by atoms with Crippen molar-refractivity contribution >= 4 is 5.97 Å². The molecule has 4 rings (SSSR count). The van der Waals surface area contributed by atoms with Crippen LogP contribution in [0.2, 0.25) is 0 Å². The maximum absolute atomic E-state index is 13.4. The summed E-state index contributed by atoms with van der Waals surface area (Å²) in [6, 6.07) is 19.6. The summed E-state index contributed by atoms with van der Waals surface area (Å²) in [4.78, 5) is 22.2. The number of carbonyl (C=O) groups is 1. The number of rotatable bonds is 8. The highest BCUT2D eigenvalue weighted by atomic mass is 16.5. The second kappa shape index (κ2) is 10.5. The average molecular weight is 432 g/mol. The van der Waals surface area contributed by atoms with Crippen molar-refractivity contribution in [1.29, 1.82) is 0 Å². The van der Waals surface area contributed by atoms with E-state index in [-0.39, 0.29) is 12.5 Å². The van der Waals surface area contributed by atoms with E-state index in [9.17, 15) is 9.90 Å². The number of nitrogens with zero attached hydrogens (tertiary/aromatic N) is 2. The Kier molecular flexibility index (Phi) is 7.24. The Morgan fingerprint density at radius 2 is 1.53 bits per heavy atom. The topological polar surface area (TPSA) is 84.3 Å². The van der Waals surface area contributed by atoms with Crippen LogP contribution < -0.4 is 5.32 Å². The van der Waals surface area contributed by atoms with Gasteiger partial charge in [0.05, 0.1) is 5.92 Å². The largest absolute Gasteiger partial charge is 0.462 e. The van der Waals surface area contributed by atoms with E-state index in [0.717, 1.165) is 32.4 Å². The molecule has 0 amide bonds. The molecule has 0 bridgehead atoms. The molecule has 3 aromatic rings. The predicted molar refractivity (Wildman–Crippen MR) is 122 cm³/mol. The first-order chi connectivity index (χ1) is 15.7. The third-order valence-corrected chi connectivity index (χ3v) is 6.12. The van der Waals surface area contributed by atoms with Crippen molar-refractivity contribution in [3.05, 3.63) is 96.1 Å². The van der Waals surface area contributed by atoms with Crippen molar-refractivity contribution in [2.45, 2.75) is 30.8 Å². The van der Waals surface area contributed by atoms with Gasteiger partial charge < -0.3 is 15.2 Å². The van der Waals surface area contributed by atoms with E-state index in [0.29, 0.717) is 22.9 Å². The summed E-state index contributed by atoms with van der Waals surface area (Å²) in [6.07, 6.45) is 6.42. The molecule has 0 saturated carbocycles. The summed E-state index contributed by atoms with van der Waals surface area (Å²) in [5.41, 5.74) is -0.941. The molecule has 1 atom stereocenters. The van der Waals surface area contributed by atoms with Gasteiger partial charge >= 0.3 is 5.97 Å². The van der Waals surface area contributed by atoms with Gasteiger partial charge in [-0.25, -0.2) is 14.8 Å². The number of esters is 1. The molecular weight excluding hydrogens is 402 g/mol. The van der Waals surface area contributed by atoms with Gasteiger partial charge in [-0.15, -0.1) is 0 Å². The van der Waals surface area contributed by atoms with Crippen LogP contribution in [0.5, 0.6) is 0 Å². The fraction of sp³-hybridized carbons (Fsp3) is 0.346. The van der Waals surface area contributed by atoms with Gasteiger partial charge in [0, 0.05) is 12.4 Å². The number of piperidine rings is 1. The second-order valence-electron chi connectivity index (χ2n) is 8.27. The van der Waals surface area contributed by atoms with Gasteiger partial charge in [-0.3, -0.25) is 0 Å². The Morgan fingerprint density at radius 3 is 2.09 bits per heavy atom. The van der Waals surface area contributed by atoms with Crippen LogP contribution in [0.25, 0.3) is 0 Å². The Balaban J connectivity index is 1.56. The summed E-state index contributed by atoms with van der Waals surface area (Å²) < 4.78 is 5.79. The quantitative estimate of drug-likeness (QED) is 0.532. The van der Waals surface area contributed by atoms with Crippen LogP contribution in [0.3, 0.4) is 0 Å². The van der Waals surface area contributed by atoms with E-state index in [4.69, 9.17) is 4.74 Å². The van der Waals surface area contributed by atoms with Gasteiger partial charge in [-0.1, -0.05) is 60.7 Å². The second-order valence-corrected chi connectivity index (χ2v) is 8.27. The molecule has 6 heteroatoms. The van der Waals surface area contributed by atoms with Crippen LogP contribution >= 0.6 is 0 Å². The molecule has 2 N–H and O–H groups in total. The van der Waals surface area contributed by atoms with Crippen molar-refractivity contribution in [2.24, 2.45) is 5.92 Å². The minimum atomic E-state index is -1.89. The fourth-order valence-corrected chi connectivity index (χ4v) is 4.33. The Hall–Kier alpha value is -3.09. The first kappa shape index (κ1) is 22.1. The molecule has 6 nitrogen and oxygen atoms in total. The molecule has 1 aromatic heterocycles. The van der Waals surface area contributed by atoms with Gasteiger partial charge in [0.15, 0.2) is 0 Å². The smallest absolute Gasteiger partial charge is 0.347 e. The lowest BCUT2D eigenvalue weighted by Gasteiger charge is -2.29. The molecule has 2 heterocycles. The number of hydrogen-bond acceptors (Lipinski definition) is 6. The van der Waals surface area contributed by atoms with Gasteiger partial charge in [0.25, 0.3) is 0 Å². The molecule has 1 saturated heterocycles. The molecule has 32 heavy (non-hydrogen) atoms. The SMILES string of the molecule is O=C(OCC(CC1CCNCC1)c1ncccn1)C(O)(c1ccccc1)c1ccccc1. The molecule has 0 spiro atoms. The summed E-state index contributed by atoms with van der Waals surface area (Å²) in [7, 11) is 0. The van der Waals surface area contributed by atoms with Crippen LogP contribution in [0.1, 0.15) is 42.1 Å². The number of hydrogen-bond donors (Lipinski definition) is 2. The van der Waals surface area contributed by atoms with Crippen molar-refractivity contribution < 1.29 is 14.6 Å². The summed E-state index contributed by atoms with van der Waals surface area (Å²) in [6.45, 7) is 2.11. The number of carbonyl (C=O) groups excluding carboxylic acids is 1. The highest BCUT2D eigenvalue weighted by molar-refractivity contribution is 5.85. The molecule has 166 valence electrons. The number of aliphatic hydroxyl groups is 1.